The molecule has 3 nitrogen and oxygen atoms in total. The van der Waals surface area contributed by atoms with E-state index in [0.29, 0.717) is 6.61 Å². The summed E-state index contributed by atoms with van der Waals surface area (Å²) in [6.07, 6.45) is 4.88. The maximum Gasteiger partial charge on any atom is 0.414 e. The summed E-state index contributed by atoms with van der Waals surface area (Å²) >= 11 is 0. The van der Waals surface area contributed by atoms with Crippen LogP contribution in [0.5, 0.6) is 0 Å². The number of carbonyl (C=O) groups excluding carboxylic acids is 1. The Morgan fingerprint density at radius 3 is 3.30 bits per heavy atom. The van der Waals surface area contributed by atoms with E-state index in [1.54, 1.807) is 4.90 Å². The highest BCUT2D eigenvalue weighted by atomic mass is 16.6. The summed E-state index contributed by atoms with van der Waals surface area (Å²) in [5.74, 6) is 0. The van der Waals surface area contributed by atoms with E-state index in [9.17, 15) is 4.79 Å². The molecule has 1 radical (unpaired) electrons. The first kappa shape index (κ1) is 5.77. The van der Waals surface area contributed by atoms with Crippen LogP contribution in [0.25, 0.3) is 0 Å². The lowest BCUT2D eigenvalue weighted by atomic mass is 10.2. The van der Waals surface area contributed by atoms with Crippen LogP contribution in [0.15, 0.2) is 5.70 Å². The molecule has 0 unspecified atom stereocenters. The zero-order chi connectivity index (χ0) is 6.97. The normalized spacial score (nSPS) is 23.8. The van der Waals surface area contributed by atoms with Gasteiger partial charge in [-0.15, -0.1) is 0 Å². The number of carbonyl (C=O) groups is 1. The van der Waals surface area contributed by atoms with Crippen molar-refractivity contribution in [1.82, 2.24) is 4.90 Å². The van der Waals surface area contributed by atoms with Gasteiger partial charge in [0.2, 0.25) is 0 Å². The number of hydrogen-bond acceptors (Lipinski definition) is 2. The Morgan fingerprint density at radius 2 is 2.50 bits per heavy atom. The predicted molar refractivity (Wildman–Crippen MR) is 34.0 cm³/mol. The van der Waals surface area contributed by atoms with Crippen LogP contribution in [0.4, 0.5) is 4.79 Å². The van der Waals surface area contributed by atoms with E-state index >= 15 is 0 Å². The van der Waals surface area contributed by atoms with Crippen molar-refractivity contribution in [1.29, 1.82) is 0 Å². The van der Waals surface area contributed by atoms with Crippen molar-refractivity contribution in [3.05, 3.63) is 11.8 Å². The third-order valence-electron chi connectivity index (χ3n) is 1.77. The van der Waals surface area contributed by atoms with E-state index in [1.807, 2.05) is 0 Å². The summed E-state index contributed by atoms with van der Waals surface area (Å²) in [5, 5.41) is 0. The third-order valence-corrected chi connectivity index (χ3v) is 1.77. The molecule has 2 aliphatic heterocycles. The van der Waals surface area contributed by atoms with Crippen molar-refractivity contribution < 1.29 is 9.53 Å². The summed E-state index contributed by atoms with van der Waals surface area (Å²) in [6, 6.07) is 0. The highest BCUT2D eigenvalue weighted by Gasteiger charge is 2.28. The third kappa shape index (κ3) is 0.701. The number of allylic oxidation sites excluding steroid dienone is 1. The van der Waals surface area contributed by atoms with Crippen LogP contribution in [0, 0.1) is 6.08 Å². The second kappa shape index (κ2) is 2.01. The number of hydrogen-bond donors (Lipinski definition) is 0. The van der Waals surface area contributed by atoms with Gasteiger partial charge in [-0.3, -0.25) is 4.90 Å². The summed E-state index contributed by atoms with van der Waals surface area (Å²) in [5.41, 5.74) is 0.927. The summed E-state index contributed by atoms with van der Waals surface area (Å²) < 4.78 is 4.79. The molecule has 10 heavy (non-hydrogen) atoms. The van der Waals surface area contributed by atoms with Gasteiger partial charge in [0, 0.05) is 6.54 Å². The van der Waals surface area contributed by atoms with Crippen LogP contribution in [0.1, 0.15) is 12.8 Å². The second-order valence-electron chi connectivity index (χ2n) is 2.43. The lowest BCUT2D eigenvalue weighted by Gasteiger charge is -2.17. The molecule has 3 heteroatoms. The predicted octanol–water partition coefficient (Wildman–Crippen LogP) is 0.919. The van der Waals surface area contributed by atoms with Crippen molar-refractivity contribution >= 4 is 6.09 Å². The topological polar surface area (TPSA) is 29.5 Å². The first-order valence-corrected chi connectivity index (χ1v) is 3.42. The Labute approximate surface area is 59.3 Å². The Bertz CT molecular complexity index is 198. The number of nitrogens with zero attached hydrogens (tertiary/aromatic N) is 1. The smallest absolute Gasteiger partial charge is 0.414 e. The van der Waals surface area contributed by atoms with Crippen LogP contribution < -0.4 is 0 Å². The van der Waals surface area contributed by atoms with Gasteiger partial charge in [0.05, 0.1) is 5.70 Å². The second-order valence-corrected chi connectivity index (χ2v) is 2.43. The first-order valence-electron chi connectivity index (χ1n) is 3.42. The summed E-state index contributed by atoms with van der Waals surface area (Å²) in [4.78, 5) is 12.5. The quantitative estimate of drug-likeness (QED) is 0.498. The standard InChI is InChI=1S/C7H8NO2/c9-7-8-4-2-1-3-6(8)5-10-7/h1-2,4-5H2. The molecule has 1 amide bonds. The zero-order valence-electron chi connectivity index (χ0n) is 5.59. The van der Waals surface area contributed by atoms with E-state index in [2.05, 4.69) is 6.08 Å². The molecule has 53 valence electrons. The summed E-state index contributed by atoms with van der Waals surface area (Å²) in [6.45, 7) is 1.24. The van der Waals surface area contributed by atoms with Crippen molar-refractivity contribution in [3.63, 3.8) is 0 Å². The van der Waals surface area contributed by atoms with E-state index in [-0.39, 0.29) is 6.09 Å². The minimum absolute atomic E-state index is 0.206. The molecule has 0 N–H and O–H groups in total. The minimum atomic E-state index is -0.206. The maximum atomic E-state index is 10.9. The lowest BCUT2D eigenvalue weighted by molar-refractivity contribution is 0.158. The fourth-order valence-electron chi connectivity index (χ4n) is 1.24. The average Bonchev–Trinajstić information content (AvgIpc) is 2.34. The fraction of sp³-hybridized carbons (Fsp3) is 0.571. The van der Waals surface area contributed by atoms with Crippen LogP contribution in [0.2, 0.25) is 0 Å². The average molecular weight is 138 g/mol. The van der Waals surface area contributed by atoms with Gasteiger partial charge in [-0.25, -0.2) is 4.79 Å². The van der Waals surface area contributed by atoms with E-state index in [0.717, 1.165) is 25.1 Å². The highest BCUT2D eigenvalue weighted by Crippen LogP contribution is 2.20. The van der Waals surface area contributed by atoms with E-state index < -0.39 is 0 Å². The van der Waals surface area contributed by atoms with Crippen molar-refractivity contribution in [2.24, 2.45) is 0 Å². The number of rotatable bonds is 0. The van der Waals surface area contributed by atoms with Gasteiger partial charge in [0.15, 0.2) is 0 Å². The molecule has 0 spiro atoms. The molecule has 1 saturated heterocycles. The van der Waals surface area contributed by atoms with Gasteiger partial charge in [0.25, 0.3) is 0 Å². The van der Waals surface area contributed by atoms with Crippen molar-refractivity contribution in [3.8, 4) is 0 Å². The van der Waals surface area contributed by atoms with Crippen molar-refractivity contribution in [2.75, 3.05) is 13.2 Å². The zero-order valence-corrected chi connectivity index (χ0v) is 5.59. The Morgan fingerprint density at radius 1 is 1.60 bits per heavy atom. The van der Waals surface area contributed by atoms with Gasteiger partial charge in [-0.05, 0) is 18.9 Å². The van der Waals surface area contributed by atoms with Gasteiger partial charge < -0.3 is 4.74 Å². The Kier molecular flexibility index (Phi) is 1.16. The molecule has 0 aromatic rings. The molecule has 2 aliphatic rings. The van der Waals surface area contributed by atoms with E-state index in [4.69, 9.17) is 4.74 Å². The van der Waals surface area contributed by atoms with E-state index in [1.165, 1.54) is 0 Å². The molecule has 0 saturated carbocycles. The lowest BCUT2D eigenvalue weighted by Crippen LogP contribution is -2.26. The van der Waals surface area contributed by atoms with Gasteiger partial charge in [0.1, 0.15) is 6.61 Å². The number of amides is 1. The molecule has 0 atom stereocenters. The molecule has 1 fully saturated rings. The molecule has 0 aromatic heterocycles. The molecule has 0 aliphatic carbocycles. The van der Waals surface area contributed by atoms with Gasteiger partial charge in [-0.2, -0.15) is 0 Å². The molecule has 0 aromatic carbocycles. The van der Waals surface area contributed by atoms with Gasteiger partial charge in [-0.1, -0.05) is 0 Å². The largest absolute Gasteiger partial charge is 0.443 e. The van der Waals surface area contributed by atoms with Crippen LogP contribution in [-0.2, 0) is 4.74 Å². The molecule has 2 heterocycles. The van der Waals surface area contributed by atoms with Crippen LogP contribution >= 0.6 is 0 Å². The molecular weight excluding hydrogens is 130 g/mol. The molecule has 2 rings (SSSR count). The van der Waals surface area contributed by atoms with Crippen LogP contribution in [0.3, 0.4) is 0 Å². The summed E-state index contributed by atoms with van der Waals surface area (Å²) in [7, 11) is 0. The number of fused-ring (bicyclic) bond motifs is 1. The Hall–Kier alpha value is -0.990. The van der Waals surface area contributed by atoms with Crippen LogP contribution in [-0.4, -0.2) is 24.1 Å². The van der Waals surface area contributed by atoms with Gasteiger partial charge >= 0.3 is 6.09 Å². The fourth-order valence-corrected chi connectivity index (χ4v) is 1.24. The maximum absolute atomic E-state index is 10.9. The molecule has 0 bridgehead atoms. The minimum Gasteiger partial charge on any atom is -0.443 e. The Balaban J connectivity index is 2.25. The number of ether oxygens (including phenoxy) is 1. The first-order chi connectivity index (χ1) is 4.88. The highest BCUT2D eigenvalue weighted by molar-refractivity contribution is 5.72. The number of cyclic esters (lactones) is 1. The van der Waals surface area contributed by atoms with Crippen molar-refractivity contribution in [2.45, 2.75) is 12.8 Å². The monoisotopic (exact) mass is 138 g/mol. The SMILES string of the molecule is O=C1OCC2=[C]CCCN12. The molecular formula is C7H8NO2.